The molecule has 0 saturated heterocycles. The van der Waals surface area contributed by atoms with Crippen molar-refractivity contribution in [3.63, 3.8) is 0 Å². The maximum atomic E-state index is 11.6. The Bertz CT molecular complexity index is 421. The van der Waals surface area contributed by atoms with Gasteiger partial charge in [-0.05, 0) is 56.2 Å². The molecule has 1 aliphatic carbocycles. The van der Waals surface area contributed by atoms with E-state index < -0.39 is 0 Å². The average Bonchev–Trinajstić information content (AvgIpc) is 3.20. The van der Waals surface area contributed by atoms with Gasteiger partial charge in [-0.25, -0.2) is 0 Å². The lowest BCUT2D eigenvalue weighted by atomic mass is 9.90. The van der Waals surface area contributed by atoms with Gasteiger partial charge >= 0.3 is 0 Å². The summed E-state index contributed by atoms with van der Waals surface area (Å²) in [5, 5.41) is 2.72. The minimum atomic E-state index is 0.124. The van der Waals surface area contributed by atoms with E-state index in [1.165, 1.54) is 18.4 Å². The number of benzene rings is 1. The molecular weight excluding hydrogens is 238 g/mol. The molecule has 0 aromatic heterocycles. The number of rotatable bonds is 6. The SMILES string of the molecule is CNC(=O)CC(c1ccc(OC(C)C)cc1)C1CC1. The van der Waals surface area contributed by atoms with E-state index in [-0.39, 0.29) is 12.0 Å². The highest BCUT2D eigenvalue weighted by molar-refractivity contribution is 5.76. The van der Waals surface area contributed by atoms with E-state index in [9.17, 15) is 4.79 Å². The molecule has 1 saturated carbocycles. The predicted molar refractivity (Wildman–Crippen MR) is 76.4 cm³/mol. The van der Waals surface area contributed by atoms with Crippen LogP contribution < -0.4 is 10.1 Å². The Kier molecular flexibility index (Phi) is 4.46. The van der Waals surface area contributed by atoms with Crippen molar-refractivity contribution in [1.82, 2.24) is 5.32 Å². The molecule has 1 aromatic rings. The number of hydrogen-bond acceptors (Lipinski definition) is 2. The molecular formula is C16H23NO2. The zero-order valence-electron chi connectivity index (χ0n) is 12.0. The lowest BCUT2D eigenvalue weighted by Crippen LogP contribution is -2.21. The van der Waals surface area contributed by atoms with E-state index >= 15 is 0 Å². The summed E-state index contributed by atoms with van der Waals surface area (Å²) >= 11 is 0. The molecule has 1 aromatic carbocycles. The molecule has 1 amide bonds. The summed E-state index contributed by atoms with van der Waals surface area (Å²) < 4.78 is 5.65. The fraction of sp³-hybridized carbons (Fsp3) is 0.562. The summed E-state index contributed by atoms with van der Waals surface area (Å²) in [4.78, 5) is 11.6. The number of carbonyl (C=O) groups excluding carboxylic acids is 1. The molecule has 2 rings (SSSR count). The summed E-state index contributed by atoms with van der Waals surface area (Å²) in [6, 6.07) is 8.22. The van der Waals surface area contributed by atoms with Crippen LogP contribution in [0.25, 0.3) is 0 Å². The second-order valence-electron chi connectivity index (χ2n) is 5.56. The van der Waals surface area contributed by atoms with Crippen LogP contribution in [0.1, 0.15) is 44.6 Å². The monoisotopic (exact) mass is 261 g/mol. The van der Waals surface area contributed by atoms with Crippen molar-refractivity contribution in [2.75, 3.05) is 7.05 Å². The van der Waals surface area contributed by atoms with Gasteiger partial charge in [0.1, 0.15) is 5.75 Å². The van der Waals surface area contributed by atoms with E-state index in [4.69, 9.17) is 4.74 Å². The Morgan fingerprint density at radius 2 is 1.95 bits per heavy atom. The molecule has 1 aliphatic rings. The minimum absolute atomic E-state index is 0.124. The fourth-order valence-electron chi connectivity index (χ4n) is 2.42. The first-order valence-electron chi connectivity index (χ1n) is 7.07. The number of ether oxygens (including phenoxy) is 1. The Hall–Kier alpha value is -1.51. The molecule has 1 fully saturated rings. The van der Waals surface area contributed by atoms with E-state index in [2.05, 4.69) is 17.4 Å². The van der Waals surface area contributed by atoms with Crippen molar-refractivity contribution in [2.45, 2.75) is 45.1 Å². The van der Waals surface area contributed by atoms with Gasteiger partial charge in [0.05, 0.1) is 6.10 Å². The molecule has 0 spiro atoms. The van der Waals surface area contributed by atoms with Gasteiger partial charge in [-0.15, -0.1) is 0 Å². The molecule has 19 heavy (non-hydrogen) atoms. The van der Waals surface area contributed by atoms with Crippen LogP contribution in [0.5, 0.6) is 5.75 Å². The van der Waals surface area contributed by atoms with Crippen LogP contribution in [0.3, 0.4) is 0 Å². The van der Waals surface area contributed by atoms with Crippen LogP contribution >= 0.6 is 0 Å². The van der Waals surface area contributed by atoms with Crippen LogP contribution in [-0.2, 0) is 4.79 Å². The first-order chi connectivity index (χ1) is 9.10. The van der Waals surface area contributed by atoms with Gasteiger partial charge in [0, 0.05) is 13.5 Å². The smallest absolute Gasteiger partial charge is 0.220 e. The lowest BCUT2D eigenvalue weighted by Gasteiger charge is -2.17. The minimum Gasteiger partial charge on any atom is -0.491 e. The number of amides is 1. The van der Waals surface area contributed by atoms with Gasteiger partial charge in [-0.3, -0.25) is 4.79 Å². The third-order valence-electron chi connectivity index (χ3n) is 3.56. The van der Waals surface area contributed by atoms with E-state index in [0.717, 1.165) is 5.75 Å². The van der Waals surface area contributed by atoms with Crippen LogP contribution in [0.4, 0.5) is 0 Å². The molecule has 3 heteroatoms. The van der Waals surface area contributed by atoms with Gasteiger partial charge in [0.25, 0.3) is 0 Å². The molecule has 0 heterocycles. The van der Waals surface area contributed by atoms with Crippen LogP contribution in [0.2, 0.25) is 0 Å². The normalized spacial score (nSPS) is 16.2. The highest BCUT2D eigenvalue weighted by Gasteiger charge is 2.33. The molecule has 1 N–H and O–H groups in total. The quantitative estimate of drug-likeness (QED) is 0.854. The van der Waals surface area contributed by atoms with Crippen LogP contribution in [0, 0.1) is 5.92 Å². The summed E-state index contributed by atoms with van der Waals surface area (Å²) in [6.07, 6.45) is 3.26. The van der Waals surface area contributed by atoms with Crippen molar-refractivity contribution >= 4 is 5.91 Å². The van der Waals surface area contributed by atoms with E-state index in [1.807, 2.05) is 26.0 Å². The van der Waals surface area contributed by atoms with Crippen molar-refractivity contribution in [1.29, 1.82) is 0 Å². The summed E-state index contributed by atoms with van der Waals surface area (Å²) in [5.74, 6) is 2.05. The van der Waals surface area contributed by atoms with Gasteiger partial charge in [0.15, 0.2) is 0 Å². The van der Waals surface area contributed by atoms with Gasteiger partial charge in [0.2, 0.25) is 5.91 Å². The van der Waals surface area contributed by atoms with Crippen molar-refractivity contribution < 1.29 is 9.53 Å². The zero-order valence-corrected chi connectivity index (χ0v) is 12.0. The van der Waals surface area contributed by atoms with E-state index in [0.29, 0.717) is 18.3 Å². The highest BCUT2D eigenvalue weighted by atomic mass is 16.5. The lowest BCUT2D eigenvalue weighted by molar-refractivity contribution is -0.121. The second kappa shape index (κ2) is 6.09. The zero-order chi connectivity index (χ0) is 13.8. The van der Waals surface area contributed by atoms with Crippen molar-refractivity contribution in [3.05, 3.63) is 29.8 Å². The molecule has 3 nitrogen and oxygen atoms in total. The number of carbonyl (C=O) groups is 1. The third kappa shape index (κ3) is 3.98. The van der Waals surface area contributed by atoms with Crippen molar-refractivity contribution in [2.24, 2.45) is 5.92 Å². The third-order valence-corrected chi connectivity index (χ3v) is 3.56. The molecule has 1 unspecified atom stereocenters. The topological polar surface area (TPSA) is 38.3 Å². The predicted octanol–water partition coefficient (Wildman–Crippen LogP) is 3.10. The van der Waals surface area contributed by atoms with Crippen LogP contribution in [0.15, 0.2) is 24.3 Å². The first-order valence-corrected chi connectivity index (χ1v) is 7.07. The summed E-state index contributed by atoms with van der Waals surface area (Å²) in [5.41, 5.74) is 1.25. The van der Waals surface area contributed by atoms with Gasteiger partial charge in [-0.1, -0.05) is 12.1 Å². The van der Waals surface area contributed by atoms with E-state index in [1.54, 1.807) is 7.05 Å². The van der Waals surface area contributed by atoms with Crippen molar-refractivity contribution in [3.8, 4) is 5.75 Å². The highest BCUT2D eigenvalue weighted by Crippen LogP contribution is 2.44. The molecule has 104 valence electrons. The largest absolute Gasteiger partial charge is 0.491 e. The van der Waals surface area contributed by atoms with Crippen LogP contribution in [-0.4, -0.2) is 19.1 Å². The van der Waals surface area contributed by atoms with Gasteiger partial charge < -0.3 is 10.1 Å². The second-order valence-corrected chi connectivity index (χ2v) is 5.56. The Labute approximate surface area is 115 Å². The maximum Gasteiger partial charge on any atom is 0.220 e. The molecule has 0 radical (unpaired) electrons. The molecule has 1 atom stereocenters. The Balaban J connectivity index is 2.07. The first kappa shape index (κ1) is 13.9. The Morgan fingerprint density at radius 1 is 1.32 bits per heavy atom. The average molecular weight is 261 g/mol. The Morgan fingerprint density at radius 3 is 2.42 bits per heavy atom. The molecule has 0 bridgehead atoms. The van der Waals surface area contributed by atoms with Gasteiger partial charge in [-0.2, -0.15) is 0 Å². The maximum absolute atomic E-state index is 11.6. The molecule has 0 aliphatic heterocycles. The summed E-state index contributed by atoms with van der Waals surface area (Å²) in [7, 11) is 1.70. The number of nitrogens with one attached hydrogen (secondary N) is 1. The standard InChI is InChI=1S/C16H23NO2/c1-11(2)19-14-8-6-13(7-9-14)15(12-4-5-12)10-16(18)17-3/h6-9,11-12,15H,4-5,10H2,1-3H3,(H,17,18). The summed E-state index contributed by atoms with van der Waals surface area (Å²) in [6.45, 7) is 4.04. The number of hydrogen-bond donors (Lipinski definition) is 1. The fourth-order valence-corrected chi connectivity index (χ4v) is 2.42.